The first-order chi connectivity index (χ1) is 22.6. The zero-order valence-corrected chi connectivity index (χ0v) is 29.2. The van der Waals surface area contributed by atoms with E-state index >= 15 is 0 Å². The van der Waals surface area contributed by atoms with E-state index in [0.29, 0.717) is 59.9 Å². The lowest BCUT2D eigenvalue weighted by Gasteiger charge is -2.30. The fourth-order valence-electron chi connectivity index (χ4n) is 6.06. The van der Waals surface area contributed by atoms with E-state index in [4.69, 9.17) is 9.47 Å². The quantitative estimate of drug-likeness (QED) is 0.269. The summed E-state index contributed by atoms with van der Waals surface area (Å²) >= 11 is 0. The van der Waals surface area contributed by atoms with Gasteiger partial charge in [0, 0.05) is 46.4 Å². The second-order valence-electron chi connectivity index (χ2n) is 14.4. The van der Waals surface area contributed by atoms with Crippen molar-refractivity contribution in [2.75, 3.05) is 36.9 Å². The molecule has 2 atom stereocenters. The highest BCUT2D eigenvalue weighted by Gasteiger charge is 2.40. The Morgan fingerprint density at radius 1 is 0.708 bits per heavy atom. The molecule has 10 nitrogen and oxygen atoms in total. The summed E-state index contributed by atoms with van der Waals surface area (Å²) in [6.07, 6.45) is 5.96. The van der Waals surface area contributed by atoms with E-state index in [2.05, 4.69) is 23.8 Å². The summed E-state index contributed by atoms with van der Waals surface area (Å²) in [5.41, 5.74) is 1.07. The predicted octanol–water partition coefficient (Wildman–Crippen LogP) is 6.43. The van der Waals surface area contributed by atoms with Crippen LogP contribution in [0, 0.1) is 10.8 Å². The van der Waals surface area contributed by atoms with E-state index in [1.165, 1.54) is 0 Å². The molecule has 0 aliphatic carbocycles. The Bertz CT molecular complexity index is 1440. The molecule has 0 saturated carbocycles. The van der Waals surface area contributed by atoms with Crippen LogP contribution in [-0.2, 0) is 19.2 Å². The second kappa shape index (κ2) is 15.1. The maximum atomic E-state index is 13.5. The van der Waals surface area contributed by atoms with Gasteiger partial charge in [0.05, 0.1) is 0 Å². The van der Waals surface area contributed by atoms with Gasteiger partial charge in [-0.1, -0.05) is 66.9 Å². The van der Waals surface area contributed by atoms with Gasteiger partial charge in [0.1, 0.15) is 36.8 Å². The first-order valence-electron chi connectivity index (χ1n) is 16.7. The van der Waals surface area contributed by atoms with Gasteiger partial charge < -0.3 is 29.9 Å². The Morgan fingerprint density at radius 3 is 1.42 bits per heavy atom. The lowest BCUT2D eigenvalue weighted by Crippen LogP contribution is -2.47. The summed E-state index contributed by atoms with van der Waals surface area (Å²) in [5.74, 6) is 0.406. The van der Waals surface area contributed by atoms with E-state index in [1.807, 2.05) is 41.5 Å². The van der Waals surface area contributed by atoms with Crippen LogP contribution in [0.4, 0.5) is 11.4 Å². The van der Waals surface area contributed by atoms with E-state index in [1.54, 1.807) is 58.4 Å². The summed E-state index contributed by atoms with van der Waals surface area (Å²) in [5, 5.41) is 6.03. The summed E-state index contributed by atoms with van der Waals surface area (Å²) < 4.78 is 12.1. The minimum Gasteiger partial charge on any atom is -0.489 e. The van der Waals surface area contributed by atoms with Crippen molar-refractivity contribution >= 4 is 35.0 Å². The van der Waals surface area contributed by atoms with Crippen molar-refractivity contribution in [3.8, 4) is 22.6 Å². The van der Waals surface area contributed by atoms with Crippen molar-refractivity contribution < 1.29 is 28.7 Å². The number of ether oxygens (including phenoxy) is 2. The normalized spacial score (nSPS) is 17.9. The highest BCUT2D eigenvalue weighted by Crippen LogP contribution is 2.40. The van der Waals surface area contributed by atoms with Crippen LogP contribution < -0.4 is 20.1 Å². The van der Waals surface area contributed by atoms with Gasteiger partial charge in [-0.15, -0.1) is 0 Å². The van der Waals surface area contributed by atoms with E-state index in [9.17, 15) is 19.2 Å². The number of likely N-dealkylation sites (tertiary alicyclic amines) is 2. The Morgan fingerprint density at radius 2 is 1.08 bits per heavy atom. The molecule has 0 bridgehead atoms. The molecular weight excluding hydrogens is 608 g/mol. The molecule has 0 radical (unpaired) electrons. The van der Waals surface area contributed by atoms with Crippen LogP contribution in [0.5, 0.6) is 11.5 Å². The van der Waals surface area contributed by atoms with Gasteiger partial charge in [-0.05, 0) is 62.1 Å². The van der Waals surface area contributed by atoms with Gasteiger partial charge in [-0.25, -0.2) is 0 Å². The van der Waals surface area contributed by atoms with Crippen LogP contribution in [0.3, 0.4) is 0 Å². The van der Waals surface area contributed by atoms with Crippen LogP contribution >= 0.6 is 0 Å². The number of carbonyl (C=O) groups is 4. The number of nitrogens with one attached hydrogen (secondary N) is 2. The maximum Gasteiger partial charge on any atom is 0.247 e. The number of rotatable bonds is 11. The highest BCUT2D eigenvalue weighted by molar-refractivity contribution is 6.00. The third-order valence-electron chi connectivity index (χ3n) is 8.41. The molecule has 2 fully saturated rings. The zero-order chi connectivity index (χ0) is 35.2. The smallest absolute Gasteiger partial charge is 0.247 e. The second-order valence-corrected chi connectivity index (χ2v) is 14.4. The van der Waals surface area contributed by atoms with Crippen LogP contribution in [-0.4, -0.2) is 71.8 Å². The van der Waals surface area contributed by atoms with Crippen molar-refractivity contribution in [2.24, 2.45) is 10.8 Å². The Labute approximate surface area is 284 Å². The topological polar surface area (TPSA) is 117 Å². The van der Waals surface area contributed by atoms with Crippen LogP contribution in [0.15, 0.2) is 61.7 Å². The number of carbonyl (C=O) groups excluding carboxylic acids is 4. The van der Waals surface area contributed by atoms with Crippen molar-refractivity contribution in [2.45, 2.75) is 79.3 Å². The average Bonchev–Trinajstić information content (AvgIpc) is 3.72. The highest BCUT2D eigenvalue weighted by atomic mass is 16.5. The lowest BCUT2D eigenvalue weighted by atomic mass is 9.94. The number of nitrogens with zero attached hydrogens (tertiary/aromatic N) is 2. The first-order valence-corrected chi connectivity index (χ1v) is 16.7. The van der Waals surface area contributed by atoms with Crippen LogP contribution in [0.1, 0.15) is 67.2 Å². The first kappa shape index (κ1) is 36.2. The van der Waals surface area contributed by atoms with Gasteiger partial charge >= 0.3 is 0 Å². The molecule has 2 aliphatic heterocycles. The molecule has 0 unspecified atom stereocenters. The molecular formula is C38H50N4O6. The molecule has 2 aliphatic rings. The number of benzene rings is 2. The summed E-state index contributed by atoms with van der Waals surface area (Å²) in [6.45, 7) is 20.2. The SMILES string of the molecule is C=CCOc1ccc(NC(=O)[C@@H]2CCCN2C(=O)C(C)(C)C)cc1-c1cc(NC(=O)[C@@H]2CCCN2C(=O)C(C)(C)C)ccc1OCC=C. The molecule has 0 spiro atoms. The van der Waals surface area contributed by atoms with Gasteiger partial charge in [0.25, 0.3) is 0 Å². The summed E-state index contributed by atoms with van der Waals surface area (Å²) in [6, 6.07) is 9.48. The summed E-state index contributed by atoms with van der Waals surface area (Å²) in [7, 11) is 0. The Balaban J connectivity index is 1.67. The minimum atomic E-state index is -0.597. The molecule has 258 valence electrons. The molecule has 2 N–H and O–H groups in total. The van der Waals surface area contributed by atoms with Gasteiger partial charge in [-0.3, -0.25) is 19.2 Å². The predicted molar refractivity (Wildman–Crippen MR) is 189 cm³/mol. The molecule has 48 heavy (non-hydrogen) atoms. The Hall–Kier alpha value is -4.60. The van der Waals surface area contributed by atoms with E-state index < -0.39 is 22.9 Å². The van der Waals surface area contributed by atoms with Crippen molar-refractivity contribution in [3.05, 3.63) is 61.7 Å². The molecule has 4 rings (SSSR count). The fraction of sp³-hybridized carbons (Fsp3) is 0.474. The van der Waals surface area contributed by atoms with Crippen molar-refractivity contribution in [1.29, 1.82) is 0 Å². The molecule has 2 saturated heterocycles. The zero-order valence-electron chi connectivity index (χ0n) is 29.2. The number of amides is 4. The van der Waals surface area contributed by atoms with Crippen LogP contribution in [0.2, 0.25) is 0 Å². The molecule has 4 amide bonds. The molecule has 2 aromatic rings. The molecule has 0 aromatic heterocycles. The maximum absolute atomic E-state index is 13.5. The van der Waals surface area contributed by atoms with Crippen LogP contribution in [0.25, 0.3) is 11.1 Å². The number of hydrogen-bond donors (Lipinski definition) is 2. The third kappa shape index (κ3) is 8.45. The van der Waals surface area contributed by atoms with E-state index in [0.717, 1.165) is 12.8 Å². The molecule has 10 heteroatoms. The number of hydrogen-bond acceptors (Lipinski definition) is 6. The lowest BCUT2D eigenvalue weighted by molar-refractivity contribution is -0.143. The van der Waals surface area contributed by atoms with Crippen molar-refractivity contribution in [1.82, 2.24) is 9.80 Å². The fourth-order valence-corrected chi connectivity index (χ4v) is 6.06. The molecule has 2 aromatic carbocycles. The van der Waals surface area contributed by atoms with E-state index in [-0.39, 0.29) is 36.8 Å². The monoisotopic (exact) mass is 658 g/mol. The molecule has 2 heterocycles. The Kier molecular flexibility index (Phi) is 11.4. The van der Waals surface area contributed by atoms with Gasteiger partial charge in [-0.2, -0.15) is 0 Å². The minimum absolute atomic E-state index is 0.0552. The average molecular weight is 659 g/mol. The van der Waals surface area contributed by atoms with Gasteiger partial charge in [0.15, 0.2) is 0 Å². The number of anilines is 2. The van der Waals surface area contributed by atoms with Crippen molar-refractivity contribution in [3.63, 3.8) is 0 Å². The van der Waals surface area contributed by atoms with Gasteiger partial charge in [0.2, 0.25) is 23.6 Å². The summed E-state index contributed by atoms with van der Waals surface area (Å²) in [4.78, 5) is 56.6. The third-order valence-corrected chi connectivity index (χ3v) is 8.41. The largest absolute Gasteiger partial charge is 0.489 e. The standard InChI is InChI=1S/C38H50N4O6/c1-9-21-47-31-17-15-25(39-33(43)29-13-11-19-41(29)35(45)37(3,4)5)23-27(31)28-24-26(16-18-32(28)48-22-10-2)40-34(44)30-14-12-20-42(30)36(46)38(6,7)8/h9-10,15-18,23-24,29-30H,1-2,11-14,19-22H2,3-8H3,(H,39,43)(H,40,44)/t29-,30-/m0/s1.